The van der Waals surface area contributed by atoms with E-state index < -0.39 is 0 Å². The fourth-order valence-corrected chi connectivity index (χ4v) is 2.77. The zero-order valence-electron chi connectivity index (χ0n) is 13.7. The van der Waals surface area contributed by atoms with E-state index in [0.29, 0.717) is 6.42 Å². The minimum absolute atomic E-state index is 0.0611. The van der Waals surface area contributed by atoms with Gasteiger partial charge in [-0.3, -0.25) is 4.79 Å². The zero-order chi connectivity index (χ0) is 16.2. The third-order valence-corrected chi connectivity index (χ3v) is 4.04. The van der Waals surface area contributed by atoms with Crippen LogP contribution in [-0.2, 0) is 4.79 Å². The van der Waals surface area contributed by atoms with Gasteiger partial charge in [0.05, 0.1) is 0 Å². The van der Waals surface area contributed by atoms with Gasteiger partial charge < -0.3 is 15.1 Å². The van der Waals surface area contributed by atoms with Gasteiger partial charge in [-0.05, 0) is 39.0 Å². The molecule has 0 aromatic heterocycles. The monoisotopic (exact) mass is 323 g/mol. The summed E-state index contributed by atoms with van der Waals surface area (Å²) in [5.74, 6) is 0.238. The van der Waals surface area contributed by atoms with Crippen LogP contribution in [0.5, 0.6) is 0 Å². The molecule has 0 radical (unpaired) electrons. The Bertz CT molecular complexity index is 505. The predicted octanol–water partition coefficient (Wildman–Crippen LogP) is 2.77. The van der Waals surface area contributed by atoms with Crippen LogP contribution in [-0.4, -0.2) is 49.1 Å². The molecule has 4 nitrogen and oxygen atoms in total. The molecule has 1 N–H and O–H groups in total. The highest BCUT2D eigenvalue weighted by atomic mass is 35.5. The first-order chi connectivity index (χ1) is 10.3. The molecule has 2 rings (SSSR count). The highest BCUT2D eigenvalue weighted by Crippen LogP contribution is 2.20. The molecule has 1 amide bonds. The van der Waals surface area contributed by atoms with Gasteiger partial charge in [-0.1, -0.05) is 17.7 Å². The first-order valence-electron chi connectivity index (χ1n) is 7.88. The largest absolute Gasteiger partial charge is 0.368 e. The molecule has 0 bridgehead atoms. The summed E-state index contributed by atoms with van der Waals surface area (Å²) in [4.78, 5) is 16.5. The van der Waals surface area contributed by atoms with Crippen molar-refractivity contribution in [2.45, 2.75) is 32.7 Å². The lowest BCUT2D eigenvalue weighted by molar-refractivity contribution is -0.131. The summed E-state index contributed by atoms with van der Waals surface area (Å²) in [5, 5.41) is 4.11. The van der Waals surface area contributed by atoms with Crippen molar-refractivity contribution >= 4 is 23.2 Å². The maximum atomic E-state index is 12.2. The maximum Gasteiger partial charge on any atom is 0.223 e. The lowest BCUT2D eigenvalue weighted by Crippen LogP contribution is -2.49. The molecule has 0 atom stereocenters. The fraction of sp³-hybridized carbons (Fsp3) is 0.588. The quantitative estimate of drug-likeness (QED) is 0.925. The molecule has 0 aliphatic carbocycles. The van der Waals surface area contributed by atoms with Crippen molar-refractivity contribution in [3.63, 3.8) is 0 Å². The van der Waals surface area contributed by atoms with Crippen LogP contribution in [0.3, 0.4) is 0 Å². The van der Waals surface area contributed by atoms with E-state index in [1.165, 1.54) is 0 Å². The van der Waals surface area contributed by atoms with Gasteiger partial charge in [-0.25, -0.2) is 0 Å². The third kappa shape index (κ3) is 5.18. The number of nitrogens with zero attached hydrogens (tertiary/aromatic N) is 2. The van der Waals surface area contributed by atoms with Crippen LogP contribution >= 0.6 is 11.6 Å². The van der Waals surface area contributed by atoms with Gasteiger partial charge in [0.1, 0.15) is 0 Å². The summed E-state index contributed by atoms with van der Waals surface area (Å²) in [5.41, 5.74) is 1.19. The molecule has 122 valence electrons. The maximum absolute atomic E-state index is 12.2. The Morgan fingerprint density at radius 1 is 1.23 bits per heavy atom. The van der Waals surface area contributed by atoms with Gasteiger partial charge in [-0.15, -0.1) is 0 Å². The van der Waals surface area contributed by atoms with Crippen molar-refractivity contribution in [2.75, 3.05) is 37.6 Å². The third-order valence-electron chi connectivity index (χ3n) is 3.80. The minimum Gasteiger partial charge on any atom is -0.368 e. The Balaban J connectivity index is 1.78. The molecular weight excluding hydrogens is 298 g/mol. The smallest absolute Gasteiger partial charge is 0.223 e. The summed E-state index contributed by atoms with van der Waals surface area (Å²) in [6, 6.07) is 7.89. The molecule has 1 heterocycles. The van der Waals surface area contributed by atoms with Crippen molar-refractivity contribution in [1.29, 1.82) is 0 Å². The standard InChI is InChI=1S/C17H26ClN3O/c1-17(2,3)19-8-7-16(22)21-11-9-20(10-12-21)15-6-4-5-14(18)13-15/h4-6,13,19H,7-12H2,1-3H3. The van der Waals surface area contributed by atoms with Crippen LogP contribution in [0.1, 0.15) is 27.2 Å². The predicted molar refractivity (Wildman–Crippen MR) is 92.6 cm³/mol. The SMILES string of the molecule is CC(C)(C)NCCC(=O)N1CCN(c2cccc(Cl)c2)CC1. The van der Waals surface area contributed by atoms with E-state index in [4.69, 9.17) is 11.6 Å². The molecule has 1 saturated heterocycles. The second kappa shape index (κ2) is 7.34. The van der Waals surface area contributed by atoms with Crippen LogP contribution < -0.4 is 10.2 Å². The molecule has 0 spiro atoms. The van der Waals surface area contributed by atoms with E-state index in [1.54, 1.807) is 0 Å². The molecule has 1 fully saturated rings. The molecule has 22 heavy (non-hydrogen) atoms. The highest BCUT2D eigenvalue weighted by molar-refractivity contribution is 6.30. The van der Waals surface area contributed by atoms with Gasteiger partial charge in [-0.2, -0.15) is 0 Å². The zero-order valence-corrected chi connectivity index (χ0v) is 14.5. The lowest BCUT2D eigenvalue weighted by atomic mass is 10.1. The number of halogens is 1. The number of rotatable bonds is 4. The number of piperazine rings is 1. The van der Waals surface area contributed by atoms with Gasteiger partial charge in [0, 0.05) is 55.4 Å². The molecule has 0 saturated carbocycles. The number of benzene rings is 1. The Labute approximate surface area is 138 Å². The number of hydrogen-bond donors (Lipinski definition) is 1. The normalized spacial score (nSPS) is 16.0. The first-order valence-corrected chi connectivity index (χ1v) is 8.26. The number of anilines is 1. The summed E-state index contributed by atoms with van der Waals surface area (Å²) >= 11 is 6.04. The molecule has 1 aliphatic rings. The van der Waals surface area contributed by atoms with Crippen LogP contribution in [0.15, 0.2) is 24.3 Å². The molecule has 1 aliphatic heterocycles. The number of carbonyl (C=O) groups is 1. The molecule has 5 heteroatoms. The Morgan fingerprint density at radius 3 is 2.50 bits per heavy atom. The van der Waals surface area contributed by atoms with E-state index in [2.05, 4.69) is 37.1 Å². The second-order valence-corrected chi connectivity index (χ2v) is 7.21. The van der Waals surface area contributed by atoms with E-state index in [9.17, 15) is 4.79 Å². The molecule has 1 aromatic carbocycles. The number of hydrogen-bond acceptors (Lipinski definition) is 3. The second-order valence-electron chi connectivity index (χ2n) is 6.77. The topological polar surface area (TPSA) is 35.6 Å². The van der Waals surface area contributed by atoms with Crippen LogP contribution in [0.25, 0.3) is 0 Å². The first kappa shape index (κ1) is 17.1. The Hall–Kier alpha value is -1.26. The number of amides is 1. The van der Waals surface area contributed by atoms with E-state index in [1.807, 2.05) is 23.1 Å². The fourth-order valence-electron chi connectivity index (χ4n) is 2.59. The van der Waals surface area contributed by atoms with E-state index in [0.717, 1.165) is 43.4 Å². The van der Waals surface area contributed by atoms with Crippen molar-refractivity contribution in [3.05, 3.63) is 29.3 Å². The van der Waals surface area contributed by atoms with E-state index >= 15 is 0 Å². The average Bonchev–Trinajstić information content (AvgIpc) is 2.46. The van der Waals surface area contributed by atoms with Crippen LogP contribution in [0.4, 0.5) is 5.69 Å². The Morgan fingerprint density at radius 2 is 1.91 bits per heavy atom. The minimum atomic E-state index is 0.0611. The number of nitrogens with one attached hydrogen (secondary N) is 1. The Kier molecular flexibility index (Phi) is 5.70. The van der Waals surface area contributed by atoms with Crippen LogP contribution in [0.2, 0.25) is 5.02 Å². The van der Waals surface area contributed by atoms with Crippen LogP contribution in [0, 0.1) is 0 Å². The van der Waals surface area contributed by atoms with Gasteiger partial charge in [0.15, 0.2) is 0 Å². The summed E-state index contributed by atoms with van der Waals surface area (Å²) in [6.07, 6.45) is 0.564. The van der Waals surface area contributed by atoms with Gasteiger partial charge in [0.2, 0.25) is 5.91 Å². The van der Waals surface area contributed by atoms with E-state index in [-0.39, 0.29) is 11.4 Å². The summed E-state index contributed by atoms with van der Waals surface area (Å²) < 4.78 is 0. The molecular formula is C17H26ClN3O. The molecule has 0 unspecified atom stereocenters. The lowest BCUT2D eigenvalue weighted by Gasteiger charge is -2.36. The summed E-state index contributed by atoms with van der Waals surface area (Å²) in [7, 11) is 0. The van der Waals surface area contributed by atoms with Crippen molar-refractivity contribution in [3.8, 4) is 0 Å². The molecule has 1 aromatic rings. The average molecular weight is 324 g/mol. The summed E-state index contributed by atoms with van der Waals surface area (Å²) in [6.45, 7) is 10.3. The van der Waals surface area contributed by atoms with Gasteiger partial charge >= 0.3 is 0 Å². The van der Waals surface area contributed by atoms with Crippen molar-refractivity contribution in [2.24, 2.45) is 0 Å². The van der Waals surface area contributed by atoms with Crippen molar-refractivity contribution in [1.82, 2.24) is 10.2 Å². The van der Waals surface area contributed by atoms with Gasteiger partial charge in [0.25, 0.3) is 0 Å². The number of carbonyl (C=O) groups excluding carboxylic acids is 1. The van der Waals surface area contributed by atoms with Crippen molar-refractivity contribution < 1.29 is 4.79 Å². The highest BCUT2D eigenvalue weighted by Gasteiger charge is 2.21.